The molecular formula is C15H23NO. The minimum Gasteiger partial charge on any atom is -0.491 e. The van der Waals surface area contributed by atoms with E-state index in [4.69, 9.17) is 4.74 Å². The standard InChI is InChI=1S/C15H23NO/c1-15(2,3)10-13-14(8-5-9-16-13)17-11-12-6-4-7-12/h5,8-9,12H,4,6-7,10-11H2,1-3H3. The normalized spacial score (nSPS) is 16.6. The summed E-state index contributed by atoms with van der Waals surface area (Å²) in [7, 11) is 0. The summed E-state index contributed by atoms with van der Waals surface area (Å²) >= 11 is 0. The van der Waals surface area contributed by atoms with Crippen molar-refractivity contribution in [1.82, 2.24) is 4.98 Å². The van der Waals surface area contributed by atoms with Crippen LogP contribution in [0.5, 0.6) is 5.75 Å². The molecular weight excluding hydrogens is 210 g/mol. The molecule has 0 saturated heterocycles. The van der Waals surface area contributed by atoms with E-state index in [1.165, 1.54) is 19.3 Å². The molecule has 2 nitrogen and oxygen atoms in total. The zero-order valence-corrected chi connectivity index (χ0v) is 11.2. The van der Waals surface area contributed by atoms with Gasteiger partial charge in [-0.05, 0) is 42.7 Å². The summed E-state index contributed by atoms with van der Waals surface area (Å²) in [4.78, 5) is 4.46. The molecule has 1 aliphatic carbocycles. The van der Waals surface area contributed by atoms with Gasteiger partial charge in [-0.25, -0.2) is 0 Å². The fourth-order valence-electron chi connectivity index (χ4n) is 2.06. The Morgan fingerprint density at radius 1 is 1.35 bits per heavy atom. The van der Waals surface area contributed by atoms with E-state index in [1.807, 2.05) is 18.3 Å². The average Bonchev–Trinajstić information content (AvgIpc) is 2.16. The first kappa shape index (κ1) is 12.4. The van der Waals surface area contributed by atoms with Crippen molar-refractivity contribution in [2.45, 2.75) is 46.5 Å². The maximum absolute atomic E-state index is 5.92. The summed E-state index contributed by atoms with van der Waals surface area (Å²) < 4.78 is 5.92. The van der Waals surface area contributed by atoms with Crippen LogP contribution in [0.15, 0.2) is 18.3 Å². The van der Waals surface area contributed by atoms with Gasteiger partial charge in [0.15, 0.2) is 0 Å². The SMILES string of the molecule is CC(C)(C)Cc1ncccc1OCC1CCC1. The first-order valence-electron chi connectivity index (χ1n) is 6.61. The molecule has 0 aliphatic heterocycles. The summed E-state index contributed by atoms with van der Waals surface area (Å²) in [6.07, 6.45) is 6.85. The number of pyridine rings is 1. The van der Waals surface area contributed by atoms with Gasteiger partial charge in [0.05, 0.1) is 12.3 Å². The largest absolute Gasteiger partial charge is 0.491 e. The van der Waals surface area contributed by atoms with E-state index >= 15 is 0 Å². The summed E-state index contributed by atoms with van der Waals surface area (Å²) in [6, 6.07) is 4.01. The Hall–Kier alpha value is -1.05. The molecule has 0 spiro atoms. The fourth-order valence-corrected chi connectivity index (χ4v) is 2.06. The number of nitrogens with zero attached hydrogens (tertiary/aromatic N) is 1. The van der Waals surface area contributed by atoms with Gasteiger partial charge in [0, 0.05) is 6.20 Å². The molecule has 0 atom stereocenters. The Morgan fingerprint density at radius 3 is 2.71 bits per heavy atom. The first-order valence-corrected chi connectivity index (χ1v) is 6.61. The smallest absolute Gasteiger partial charge is 0.140 e. The molecule has 0 unspecified atom stereocenters. The van der Waals surface area contributed by atoms with E-state index < -0.39 is 0 Å². The molecule has 0 radical (unpaired) electrons. The number of hydrogen-bond acceptors (Lipinski definition) is 2. The molecule has 1 fully saturated rings. The van der Waals surface area contributed by atoms with E-state index in [9.17, 15) is 0 Å². The molecule has 0 N–H and O–H groups in total. The van der Waals surface area contributed by atoms with Gasteiger partial charge in [-0.1, -0.05) is 27.2 Å². The molecule has 1 aromatic heterocycles. The molecule has 2 rings (SSSR count). The van der Waals surface area contributed by atoms with Crippen molar-refractivity contribution < 1.29 is 4.74 Å². The zero-order chi connectivity index (χ0) is 12.3. The second-order valence-electron chi connectivity index (χ2n) is 6.29. The second-order valence-corrected chi connectivity index (χ2v) is 6.29. The Morgan fingerprint density at radius 2 is 2.12 bits per heavy atom. The van der Waals surface area contributed by atoms with Crippen molar-refractivity contribution in [2.24, 2.45) is 11.3 Å². The van der Waals surface area contributed by atoms with E-state index in [0.717, 1.165) is 30.4 Å². The average molecular weight is 233 g/mol. The summed E-state index contributed by atoms with van der Waals surface area (Å²) in [6.45, 7) is 7.56. The molecule has 1 heterocycles. The highest BCUT2D eigenvalue weighted by Gasteiger charge is 2.20. The van der Waals surface area contributed by atoms with Gasteiger partial charge >= 0.3 is 0 Å². The van der Waals surface area contributed by atoms with Gasteiger partial charge in [0.2, 0.25) is 0 Å². The third kappa shape index (κ3) is 3.72. The molecule has 1 aromatic rings. The third-order valence-corrected chi connectivity index (χ3v) is 3.25. The Kier molecular flexibility index (Phi) is 3.70. The lowest BCUT2D eigenvalue weighted by molar-refractivity contribution is 0.178. The van der Waals surface area contributed by atoms with E-state index in [-0.39, 0.29) is 5.41 Å². The molecule has 2 heteroatoms. The molecule has 0 aromatic carbocycles. The van der Waals surface area contributed by atoms with E-state index in [2.05, 4.69) is 25.8 Å². The maximum atomic E-state index is 5.92. The lowest BCUT2D eigenvalue weighted by atomic mass is 9.86. The molecule has 1 saturated carbocycles. The Labute approximate surface area is 104 Å². The van der Waals surface area contributed by atoms with Crippen LogP contribution in [-0.2, 0) is 6.42 Å². The summed E-state index contributed by atoms with van der Waals surface area (Å²) in [5.41, 5.74) is 1.35. The number of rotatable bonds is 4. The van der Waals surface area contributed by atoms with Crippen molar-refractivity contribution in [3.05, 3.63) is 24.0 Å². The van der Waals surface area contributed by atoms with Crippen LogP contribution in [-0.4, -0.2) is 11.6 Å². The van der Waals surface area contributed by atoms with Crippen molar-refractivity contribution >= 4 is 0 Å². The second kappa shape index (κ2) is 5.07. The van der Waals surface area contributed by atoms with Gasteiger partial charge < -0.3 is 4.74 Å². The monoisotopic (exact) mass is 233 g/mol. The van der Waals surface area contributed by atoms with Crippen LogP contribution in [0.4, 0.5) is 0 Å². The quantitative estimate of drug-likeness (QED) is 0.788. The topological polar surface area (TPSA) is 22.1 Å². The predicted octanol–water partition coefficient (Wildman–Crippen LogP) is 3.85. The number of hydrogen-bond donors (Lipinski definition) is 0. The molecule has 1 aliphatic rings. The number of aromatic nitrogens is 1. The van der Waals surface area contributed by atoms with Gasteiger partial charge in [0.25, 0.3) is 0 Å². The molecule has 0 bridgehead atoms. The molecule has 17 heavy (non-hydrogen) atoms. The lowest BCUT2D eigenvalue weighted by Gasteiger charge is -2.26. The van der Waals surface area contributed by atoms with Crippen LogP contribution < -0.4 is 4.74 Å². The van der Waals surface area contributed by atoms with Crippen LogP contribution in [0.2, 0.25) is 0 Å². The molecule has 94 valence electrons. The maximum Gasteiger partial charge on any atom is 0.140 e. The van der Waals surface area contributed by atoms with Gasteiger partial charge in [0.1, 0.15) is 5.75 Å². The highest BCUT2D eigenvalue weighted by atomic mass is 16.5. The van der Waals surface area contributed by atoms with Crippen molar-refractivity contribution in [3.63, 3.8) is 0 Å². The van der Waals surface area contributed by atoms with Crippen molar-refractivity contribution in [1.29, 1.82) is 0 Å². The van der Waals surface area contributed by atoms with Gasteiger partial charge in [-0.15, -0.1) is 0 Å². The van der Waals surface area contributed by atoms with Crippen molar-refractivity contribution in [3.8, 4) is 5.75 Å². The van der Waals surface area contributed by atoms with Crippen LogP contribution in [0, 0.1) is 11.3 Å². The molecule has 0 amide bonds. The highest BCUT2D eigenvalue weighted by Crippen LogP contribution is 2.29. The third-order valence-electron chi connectivity index (χ3n) is 3.25. The highest BCUT2D eigenvalue weighted by molar-refractivity contribution is 5.27. The minimum absolute atomic E-state index is 0.253. The summed E-state index contributed by atoms with van der Waals surface area (Å²) in [5, 5.41) is 0. The van der Waals surface area contributed by atoms with Gasteiger partial charge in [-0.2, -0.15) is 0 Å². The van der Waals surface area contributed by atoms with E-state index in [1.54, 1.807) is 0 Å². The van der Waals surface area contributed by atoms with Gasteiger partial charge in [-0.3, -0.25) is 4.98 Å². The Balaban J connectivity index is 1.99. The minimum atomic E-state index is 0.253. The van der Waals surface area contributed by atoms with E-state index in [0.29, 0.717) is 0 Å². The van der Waals surface area contributed by atoms with Crippen molar-refractivity contribution in [2.75, 3.05) is 6.61 Å². The van der Waals surface area contributed by atoms with Crippen LogP contribution >= 0.6 is 0 Å². The predicted molar refractivity (Wildman–Crippen MR) is 70.2 cm³/mol. The van der Waals surface area contributed by atoms with Crippen LogP contribution in [0.25, 0.3) is 0 Å². The van der Waals surface area contributed by atoms with Crippen LogP contribution in [0.3, 0.4) is 0 Å². The number of ether oxygens (including phenoxy) is 1. The van der Waals surface area contributed by atoms with Crippen LogP contribution in [0.1, 0.15) is 45.7 Å². The Bertz CT molecular complexity index is 363. The fraction of sp³-hybridized carbons (Fsp3) is 0.667. The first-order chi connectivity index (χ1) is 8.04. The zero-order valence-electron chi connectivity index (χ0n) is 11.2. The summed E-state index contributed by atoms with van der Waals surface area (Å²) in [5.74, 6) is 1.76. The lowest BCUT2D eigenvalue weighted by Crippen LogP contribution is -2.20.